The van der Waals surface area contributed by atoms with Crippen LogP contribution in [0.3, 0.4) is 0 Å². The van der Waals surface area contributed by atoms with Crippen molar-refractivity contribution in [3.05, 3.63) is 52.8 Å². The lowest BCUT2D eigenvalue weighted by atomic mass is 9.69. The van der Waals surface area contributed by atoms with Crippen LogP contribution in [0, 0.1) is 11.3 Å². The van der Waals surface area contributed by atoms with Gasteiger partial charge in [-0.3, -0.25) is 4.79 Å². The van der Waals surface area contributed by atoms with E-state index < -0.39 is 0 Å². The summed E-state index contributed by atoms with van der Waals surface area (Å²) in [5.74, 6) is 0.631. The predicted molar refractivity (Wildman–Crippen MR) is 91.1 cm³/mol. The molecule has 0 saturated heterocycles. The Hall–Kier alpha value is -1.59. The van der Waals surface area contributed by atoms with Crippen LogP contribution in [-0.4, -0.2) is 6.29 Å². The number of hydrogen-bond acceptors (Lipinski definition) is 1. The van der Waals surface area contributed by atoms with Crippen LogP contribution in [0.5, 0.6) is 0 Å². The maximum atomic E-state index is 10.3. The van der Waals surface area contributed by atoms with Crippen molar-refractivity contribution in [1.29, 1.82) is 0 Å². The van der Waals surface area contributed by atoms with E-state index in [1.807, 2.05) is 19.1 Å². The van der Waals surface area contributed by atoms with Crippen LogP contribution in [0.1, 0.15) is 53.9 Å². The lowest BCUT2D eigenvalue weighted by Crippen LogP contribution is -2.24. The predicted octanol–water partition coefficient (Wildman–Crippen LogP) is 5.56. The van der Waals surface area contributed by atoms with Crippen molar-refractivity contribution >= 4 is 6.29 Å². The zero-order valence-corrected chi connectivity index (χ0v) is 14.1. The number of hydrogen-bond donors (Lipinski definition) is 0. The van der Waals surface area contributed by atoms with Crippen molar-refractivity contribution in [2.45, 2.75) is 53.9 Å². The van der Waals surface area contributed by atoms with Crippen molar-refractivity contribution < 1.29 is 4.79 Å². The molecule has 0 aromatic heterocycles. The van der Waals surface area contributed by atoms with Gasteiger partial charge in [-0.15, -0.1) is 5.73 Å². The van der Waals surface area contributed by atoms with Crippen molar-refractivity contribution in [1.82, 2.24) is 0 Å². The highest BCUT2D eigenvalue weighted by atomic mass is 16.1. The van der Waals surface area contributed by atoms with Crippen LogP contribution in [0.15, 0.2) is 52.8 Å². The summed E-state index contributed by atoms with van der Waals surface area (Å²) >= 11 is 0. The van der Waals surface area contributed by atoms with Gasteiger partial charge < -0.3 is 0 Å². The van der Waals surface area contributed by atoms with Gasteiger partial charge in [0, 0.05) is 0 Å². The average Bonchev–Trinajstić information content (AvgIpc) is 2.37. The van der Waals surface area contributed by atoms with Gasteiger partial charge in [-0.25, -0.2) is 0 Å². The normalized spacial score (nSPS) is 23.1. The molecule has 0 N–H and O–H groups in total. The largest absolute Gasteiger partial charge is 0.299 e. The van der Waals surface area contributed by atoms with E-state index in [1.165, 1.54) is 30.4 Å². The molecule has 0 aromatic carbocycles. The molecule has 0 radical (unpaired) electrons. The molecule has 0 heterocycles. The molecule has 0 spiro atoms. The third-order valence-electron chi connectivity index (χ3n) is 4.17. The summed E-state index contributed by atoms with van der Waals surface area (Å²) in [6.07, 6.45) is 14.3. The topological polar surface area (TPSA) is 17.1 Å². The van der Waals surface area contributed by atoms with Crippen molar-refractivity contribution in [3.63, 3.8) is 0 Å². The molecular formula is C20H28O. The summed E-state index contributed by atoms with van der Waals surface area (Å²) in [5, 5.41) is 0. The van der Waals surface area contributed by atoms with E-state index in [2.05, 4.69) is 45.6 Å². The van der Waals surface area contributed by atoms with E-state index in [4.69, 9.17) is 0 Å². The highest BCUT2D eigenvalue weighted by molar-refractivity contribution is 5.66. The molecule has 0 aliphatic heterocycles. The molecule has 0 aromatic rings. The fraction of sp³-hybridized carbons (Fsp3) is 0.500. The number of allylic oxidation sites excluding steroid dienone is 7. The Morgan fingerprint density at radius 1 is 1.24 bits per heavy atom. The summed E-state index contributed by atoms with van der Waals surface area (Å²) in [5.41, 5.74) is 7.39. The molecule has 1 aliphatic carbocycles. The standard InChI is InChI=1S/C20H28O/c1-16(8-6-9-17(2)13-15-21)11-12-19-18(3)10-7-14-20(19,4)5/h6,8-9,11,13,15,18H,7,10,14H2,1-5H3/b9-6+,16-8+,17-13+. The smallest absolute Gasteiger partial charge is 0.143 e. The molecule has 0 amide bonds. The van der Waals surface area contributed by atoms with Crippen molar-refractivity contribution in [2.75, 3.05) is 0 Å². The first-order valence-electron chi connectivity index (χ1n) is 7.81. The maximum Gasteiger partial charge on any atom is 0.143 e. The zero-order valence-electron chi connectivity index (χ0n) is 14.1. The van der Waals surface area contributed by atoms with Crippen LogP contribution >= 0.6 is 0 Å². The second-order valence-corrected chi connectivity index (χ2v) is 6.70. The van der Waals surface area contributed by atoms with Gasteiger partial charge in [-0.1, -0.05) is 45.4 Å². The number of carbonyl (C=O) groups excluding carboxylic acids is 1. The molecule has 1 heteroatoms. The van der Waals surface area contributed by atoms with Crippen LogP contribution in [0.25, 0.3) is 0 Å². The second kappa shape index (κ2) is 8.00. The first kappa shape index (κ1) is 17.5. The van der Waals surface area contributed by atoms with Gasteiger partial charge in [0.1, 0.15) is 6.29 Å². The molecule has 1 saturated carbocycles. The van der Waals surface area contributed by atoms with Crippen molar-refractivity contribution in [2.24, 2.45) is 11.3 Å². The van der Waals surface area contributed by atoms with Crippen molar-refractivity contribution in [3.8, 4) is 0 Å². The minimum atomic E-state index is 0.271. The quantitative estimate of drug-likeness (QED) is 0.286. The Labute approximate surface area is 129 Å². The highest BCUT2D eigenvalue weighted by Crippen LogP contribution is 2.42. The lowest BCUT2D eigenvalue weighted by molar-refractivity contribution is -0.104. The summed E-state index contributed by atoms with van der Waals surface area (Å²) in [4.78, 5) is 10.3. The molecule has 21 heavy (non-hydrogen) atoms. The van der Waals surface area contributed by atoms with Gasteiger partial charge in [0.15, 0.2) is 0 Å². The zero-order chi connectivity index (χ0) is 15.9. The van der Waals surface area contributed by atoms with E-state index in [-0.39, 0.29) is 5.41 Å². The Morgan fingerprint density at radius 2 is 1.95 bits per heavy atom. The highest BCUT2D eigenvalue weighted by Gasteiger charge is 2.30. The van der Waals surface area contributed by atoms with Gasteiger partial charge in [-0.2, -0.15) is 0 Å². The Morgan fingerprint density at radius 3 is 2.57 bits per heavy atom. The van der Waals surface area contributed by atoms with E-state index in [9.17, 15) is 4.79 Å². The van der Waals surface area contributed by atoms with Gasteiger partial charge in [-0.05, 0) is 66.9 Å². The molecule has 1 aliphatic rings. The molecule has 114 valence electrons. The van der Waals surface area contributed by atoms with E-state index in [0.29, 0.717) is 5.92 Å². The molecule has 1 unspecified atom stereocenters. The first-order valence-corrected chi connectivity index (χ1v) is 7.81. The van der Waals surface area contributed by atoms with Gasteiger partial charge in [0.25, 0.3) is 0 Å². The SMILES string of the molecule is C\C(C=C=C1C(C)CCCC1(C)C)=C/C=C/C(C)=C/C=O. The van der Waals surface area contributed by atoms with Gasteiger partial charge in [0.2, 0.25) is 0 Å². The van der Waals surface area contributed by atoms with Gasteiger partial charge >= 0.3 is 0 Å². The molecule has 1 nitrogen and oxygen atoms in total. The Balaban J connectivity index is 2.88. The second-order valence-electron chi connectivity index (χ2n) is 6.70. The third kappa shape index (κ3) is 5.73. The summed E-state index contributed by atoms with van der Waals surface area (Å²) < 4.78 is 0. The van der Waals surface area contributed by atoms with Crippen LogP contribution in [0.4, 0.5) is 0 Å². The van der Waals surface area contributed by atoms with Gasteiger partial charge in [0.05, 0.1) is 0 Å². The van der Waals surface area contributed by atoms with Crippen LogP contribution in [-0.2, 0) is 4.79 Å². The lowest BCUT2D eigenvalue weighted by Gasteiger charge is -2.35. The number of carbonyl (C=O) groups is 1. The molecule has 1 rings (SSSR count). The molecule has 0 bridgehead atoms. The average molecular weight is 284 g/mol. The fourth-order valence-electron chi connectivity index (χ4n) is 2.89. The van der Waals surface area contributed by atoms with E-state index >= 15 is 0 Å². The summed E-state index contributed by atoms with van der Waals surface area (Å²) in [7, 11) is 0. The maximum absolute atomic E-state index is 10.3. The third-order valence-corrected chi connectivity index (χ3v) is 4.17. The van der Waals surface area contributed by atoms with E-state index in [1.54, 1.807) is 6.08 Å². The minimum Gasteiger partial charge on any atom is -0.299 e. The summed E-state index contributed by atoms with van der Waals surface area (Å²) in [6, 6.07) is 0. The minimum absolute atomic E-state index is 0.271. The van der Waals surface area contributed by atoms with E-state index in [0.717, 1.165) is 11.9 Å². The monoisotopic (exact) mass is 284 g/mol. The Bertz CT molecular complexity index is 520. The first-order chi connectivity index (χ1) is 9.86. The summed E-state index contributed by atoms with van der Waals surface area (Å²) in [6.45, 7) is 11.0. The Kier molecular flexibility index (Phi) is 6.65. The molecule has 1 atom stereocenters. The molecular weight excluding hydrogens is 256 g/mol. The number of rotatable bonds is 4. The fourth-order valence-corrected chi connectivity index (χ4v) is 2.89. The van der Waals surface area contributed by atoms with Crippen LogP contribution in [0.2, 0.25) is 0 Å². The van der Waals surface area contributed by atoms with Crippen LogP contribution < -0.4 is 0 Å². The molecule has 1 fully saturated rings. The number of aldehydes is 1.